The molecule has 1 aliphatic rings. The number of benzene rings is 8. The third kappa shape index (κ3) is 6.07. The van der Waals surface area contributed by atoms with Crippen LogP contribution in [0.1, 0.15) is 24.0 Å². The van der Waals surface area contributed by atoms with E-state index in [-0.39, 0.29) is 0 Å². The number of rotatable bonds is 6. The lowest BCUT2D eigenvalue weighted by Crippen LogP contribution is -2.04. The molecule has 0 N–H and O–H groups in total. The molecule has 0 radical (unpaired) electrons. The smallest absolute Gasteiger partial charge is 0.0972 e. The molecule has 3 aromatic heterocycles. The lowest BCUT2D eigenvalue weighted by atomic mass is 9.84. The minimum atomic E-state index is 0.932. The van der Waals surface area contributed by atoms with Crippen LogP contribution in [0.4, 0.5) is 0 Å². The number of aromatic nitrogens is 2. The van der Waals surface area contributed by atoms with Crippen molar-refractivity contribution in [1.82, 2.24) is 9.97 Å². The Labute approximate surface area is 359 Å². The molecule has 288 valence electrons. The Morgan fingerprint density at radius 2 is 0.967 bits per heavy atom. The number of pyridine rings is 2. The first-order valence-corrected chi connectivity index (χ1v) is 22.2. The van der Waals surface area contributed by atoms with Crippen LogP contribution in [0.5, 0.6) is 0 Å². The van der Waals surface area contributed by atoms with Crippen molar-refractivity contribution < 1.29 is 0 Å². The molecule has 0 aliphatic heterocycles. The van der Waals surface area contributed by atoms with E-state index >= 15 is 0 Å². The molecule has 61 heavy (non-hydrogen) atoms. The lowest BCUT2D eigenvalue weighted by Gasteiger charge is -2.21. The van der Waals surface area contributed by atoms with Gasteiger partial charge in [0, 0.05) is 49.0 Å². The molecule has 0 amide bonds. The minimum Gasteiger partial charge on any atom is -0.254 e. The Bertz CT molecular complexity index is 3460. The quantitative estimate of drug-likeness (QED) is 0.157. The summed E-state index contributed by atoms with van der Waals surface area (Å²) in [5.41, 5.74) is 17.0. The summed E-state index contributed by atoms with van der Waals surface area (Å²) >= 11 is 1.94. The van der Waals surface area contributed by atoms with Crippen molar-refractivity contribution >= 4 is 54.7 Å². The molecule has 0 fully saturated rings. The zero-order chi connectivity index (χ0) is 40.3. The van der Waals surface area contributed by atoms with Gasteiger partial charge in [-0.2, -0.15) is 0 Å². The van der Waals surface area contributed by atoms with E-state index in [0.717, 1.165) is 45.9 Å². The monoisotopic (exact) mass is 796 g/mol. The zero-order valence-electron chi connectivity index (χ0n) is 33.6. The molecule has 11 aromatic rings. The molecule has 8 aromatic carbocycles. The summed E-state index contributed by atoms with van der Waals surface area (Å²) in [6.07, 6.45) is 6.67. The van der Waals surface area contributed by atoms with Crippen molar-refractivity contribution in [3.8, 4) is 65.5 Å². The van der Waals surface area contributed by atoms with Gasteiger partial charge in [0.15, 0.2) is 0 Å². The van der Waals surface area contributed by atoms with E-state index in [1.807, 2.05) is 23.6 Å². The summed E-state index contributed by atoms with van der Waals surface area (Å²) in [5.74, 6) is 0. The third-order valence-electron chi connectivity index (χ3n) is 12.7. The fraction of sp³-hybridized carbons (Fsp3) is 0.0690. The maximum atomic E-state index is 5.23. The van der Waals surface area contributed by atoms with E-state index in [2.05, 4.69) is 182 Å². The second-order valence-electron chi connectivity index (χ2n) is 16.2. The second kappa shape index (κ2) is 14.8. The average molecular weight is 797 g/mol. The summed E-state index contributed by atoms with van der Waals surface area (Å²) in [4.78, 5) is 12.6. The standard InChI is InChI=1S/C58H40N2S/c1-3-14-38(15-4-1)53-54(39-16-5-2-6-17-39)58(51-36-43-18-7-8-20-44(43)46-21-10-12-24-49(46)51)61-57(53)42-29-25-37(26-30-42)45-32-33-50(48-23-11-9-22-47(45)48)52-34-31-41-28-27-40-19-13-35-59-55(40)56(41)60-52/h1-6,9-17,19,21-36H,7-8,18,20H2. The zero-order valence-corrected chi connectivity index (χ0v) is 34.4. The highest BCUT2D eigenvalue weighted by Crippen LogP contribution is 2.54. The van der Waals surface area contributed by atoms with E-state index in [4.69, 9.17) is 9.97 Å². The first-order valence-electron chi connectivity index (χ1n) is 21.4. The predicted octanol–water partition coefficient (Wildman–Crippen LogP) is 16.0. The predicted molar refractivity (Wildman–Crippen MR) is 259 cm³/mol. The molecule has 0 unspecified atom stereocenters. The molecule has 3 heteroatoms. The molecular weight excluding hydrogens is 757 g/mol. The van der Waals surface area contributed by atoms with Gasteiger partial charge in [-0.05, 0) is 104 Å². The van der Waals surface area contributed by atoms with Crippen LogP contribution in [-0.4, -0.2) is 9.97 Å². The van der Waals surface area contributed by atoms with Crippen LogP contribution in [0.25, 0.3) is 109 Å². The summed E-state index contributed by atoms with van der Waals surface area (Å²) in [6.45, 7) is 0. The van der Waals surface area contributed by atoms with Crippen LogP contribution in [0.2, 0.25) is 0 Å². The highest BCUT2D eigenvalue weighted by molar-refractivity contribution is 7.20. The van der Waals surface area contributed by atoms with Gasteiger partial charge in [-0.25, -0.2) is 4.98 Å². The number of nitrogens with zero attached hydrogens (tertiary/aromatic N) is 2. The molecular formula is C58H40N2S. The van der Waals surface area contributed by atoms with Gasteiger partial charge in [-0.3, -0.25) is 4.98 Å². The maximum absolute atomic E-state index is 5.23. The number of hydrogen-bond acceptors (Lipinski definition) is 3. The summed E-state index contributed by atoms with van der Waals surface area (Å²) in [6, 6.07) is 68.9. The Hall–Kier alpha value is -7.20. The topological polar surface area (TPSA) is 25.8 Å². The van der Waals surface area contributed by atoms with Gasteiger partial charge in [0.1, 0.15) is 0 Å². The largest absolute Gasteiger partial charge is 0.254 e. The van der Waals surface area contributed by atoms with Gasteiger partial charge in [0.2, 0.25) is 0 Å². The first kappa shape index (κ1) is 35.7. The Morgan fingerprint density at radius 3 is 1.70 bits per heavy atom. The van der Waals surface area contributed by atoms with Crippen LogP contribution < -0.4 is 0 Å². The molecule has 0 saturated heterocycles. The molecule has 2 nitrogen and oxygen atoms in total. The molecule has 3 heterocycles. The van der Waals surface area contributed by atoms with E-state index in [9.17, 15) is 0 Å². The van der Waals surface area contributed by atoms with Crippen molar-refractivity contribution in [2.24, 2.45) is 0 Å². The van der Waals surface area contributed by atoms with E-state index in [0.29, 0.717) is 0 Å². The first-order chi connectivity index (χ1) is 30.3. The van der Waals surface area contributed by atoms with E-state index in [1.165, 1.54) is 94.2 Å². The Morgan fingerprint density at radius 1 is 0.393 bits per heavy atom. The SMILES string of the molecule is c1ccc(-c2c(-c3ccc(-c4ccc(-c5ccc6ccc7cccnc7c6n5)c5ccccc45)cc3)sc(-c3cc4c(c5ccccc35)CCCC4)c2-c2ccccc2)cc1. The maximum Gasteiger partial charge on any atom is 0.0972 e. The van der Waals surface area contributed by atoms with Crippen molar-refractivity contribution in [2.75, 3.05) is 0 Å². The van der Waals surface area contributed by atoms with Gasteiger partial charge < -0.3 is 0 Å². The van der Waals surface area contributed by atoms with Crippen LogP contribution >= 0.6 is 11.3 Å². The fourth-order valence-corrected chi connectivity index (χ4v) is 11.2. The van der Waals surface area contributed by atoms with Crippen molar-refractivity contribution in [2.45, 2.75) is 25.7 Å². The molecule has 0 saturated carbocycles. The van der Waals surface area contributed by atoms with E-state index in [1.54, 1.807) is 5.56 Å². The Balaban J connectivity index is 1.02. The molecule has 0 atom stereocenters. The van der Waals surface area contributed by atoms with Crippen LogP contribution in [0.3, 0.4) is 0 Å². The van der Waals surface area contributed by atoms with Crippen molar-refractivity contribution in [3.05, 3.63) is 205 Å². The molecule has 0 bridgehead atoms. The highest BCUT2D eigenvalue weighted by atomic mass is 32.1. The van der Waals surface area contributed by atoms with Gasteiger partial charge in [-0.15, -0.1) is 11.3 Å². The molecule has 0 spiro atoms. The highest BCUT2D eigenvalue weighted by Gasteiger charge is 2.26. The fourth-order valence-electron chi connectivity index (χ4n) is 9.85. The van der Waals surface area contributed by atoms with Gasteiger partial charge in [-0.1, -0.05) is 170 Å². The van der Waals surface area contributed by atoms with Gasteiger partial charge in [0.25, 0.3) is 0 Å². The number of fused-ring (bicyclic) bond motifs is 7. The summed E-state index contributed by atoms with van der Waals surface area (Å²) in [5, 5.41) is 7.34. The molecule has 12 rings (SSSR count). The minimum absolute atomic E-state index is 0.932. The Kier molecular flexibility index (Phi) is 8.67. The van der Waals surface area contributed by atoms with E-state index < -0.39 is 0 Å². The van der Waals surface area contributed by atoms with Crippen molar-refractivity contribution in [3.63, 3.8) is 0 Å². The number of thiophene rings is 1. The van der Waals surface area contributed by atoms with Crippen LogP contribution in [0.15, 0.2) is 194 Å². The number of hydrogen-bond donors (Lipinski definition) is 0. The van der Waals surface area contributed by atoms with Gasteiger partial charge in [0.05, 0.1) is 16.7 Å². The second-order valence-corrected chi connectivity index (χ2v) is 17.3. The number of aryl methyl sites for hydroxylation is 2. The normalized spacial score (nSPS) is 12.7. The molecule has 1 aliphatic carbocycles. The van der Waals surface area contributed by atoms with Crippen LogP contribution in [-0.2, 0) is 12.8 Å². The van der Waals surface area contributed by atoms with Gasteiger partial charge >= 0.3 is 0 Å². The summed E-state index contributed by atoms with van der Waals surface area (Å²) < 4.78 is 0. The average Bonchev–Trinajstić information content (AvgIpc) is 3.74. The third-order valence-corrected chi connectivity index (χ3v) is 14.0. The van der Waals surface area contributed by atoms with Crippen molar-refractivity contribution in [1.29, 1.82) is 0 Å². The summed E-state index contributed by atoms with van der Waals surface area (Å²) in [7, 11) is 0. The van der Waals surface area contributed by atoms with Crippen LogP contribution in [0, 0.1) is 0 Å². The lowest BCUT2D eigenvalue weighted by molar-refractivity contribution is 0.690.